The molecule has 0 aliphatic carbocycles. The average Bonchev–Trinajstić information content (AvgIpc) is 2.85. The molecule has 126 valence electrons. The summed E-state index contributed by atoms with van der Waals surface area (Å²) < 4.78 is 6.87. The summed E-state index contributed by atoms with van der Waals surface area (Å²) in [5, 5.41) is 2.97. The minimum Gasteiger partial charge on any atom is -0.376 e. The third-order valence-corrected chi connectivity index (χ3v) is 4.46. The van der Waals surface area contributed by atoms with Crippen molar-refractivity contribution in [2.75, 3.05) is 19.7 Å². The van der Waals surface area contributed by atoms with E-state index in [1.54, 1.807) is 6.92 Å². The van der Waals surface area contributed by atoms with Gasteiger partial charge < -0.3 is 10.1 Å². The number of H-pyrrole nitrogens is 1. The van der Waals surface area contributed by atoms with Gasteiger partial charge in [-0.1, -0.05) is 0 Å². The Bertz CT molecular complexity index is 710. The molecule has 2 aliphatic rings. The molecular weight excluding hydrogens is 300 g/mol. The van der Waals surface area contributed by atoms with E-state index in [1.807, 2.05) is 6.92 Å². The van der Waals surface area contributed by atoms with Crippen molar-refractivity contribution in [2.24, 2.45) is 0 Å². The number of morpholine rings is 1. The van der Waals surface area contributed by atoms with E-state index in [0.29, 0.717) is 18.2 Å². The second-order valence-corrected chi connectivity index (χ2v) is 6.45. The van der Waals surface area contributed by atoms with Crippen molar-refractivity contribution in [3.05, 3.63) is 32.6 Å². The van der Waals surface area contributed by atoms with Gasteiger partial charge in [-0.15, -0.1) is 0 Å². The van der Waals surface area contributed by atoms with Crippen LogP contribution in [0, 0.1) is 6.92 Å². The third-order valence-electron chi connectivity index (χ3n) is 4.46. The molecular formula is C15H22N4O4. The van der Waals surface area contributed by atoms with Gasteiger partial charge in [0.2, 0.25) is 5.91 Å². The summed E-state index contributed by atoms with van der Waals surface area (Å²) >= 11 is 0. The largest absolute Gasteiger partial charge is 0.376 e. The van der Waals surface area contributed by atoms with Gasteiger partial charge in [-0.25, -0.2) is 4.79 Å². The minimum absolute atomic E-state index is 0.0703. The number of nitrogens with zero attached hydrogens (tertiary/aromatic N) is 2. The van der Waals surface area contributed by atoms with E-state index in [0.717, 1.165) is 19.5 Å². The van der Waals surface area contributed by atoms with E-state index in [9.17, 15) is 14.4 Å². The van der Waals surface area contributed by atoms with Gasteiger partial charge in [-0.2, -0.15) is 0 Å². The highest BCUT2D eigenvalue weighted by atomic mass is 16.5. The first-order valence-corrected chi connectivity index (χ1v) is 7.87. The van der Waals surface area contributed by atoms with Crippen molar-refractivity contribution in [2.45, 2.75) is 45.0 Å². The molecule has 8 nitrogen and oxygen atoms in total. The number of aryl methyl sites for hydroxylation is 1. The molecule has 3 rings (SSSR count). The first kappa shape index (κ1) is 15.9. The molecule has 8 heteroatoms. The lowest BCUT2D eigenvalue weighted by Crippen LogP contribution is -2.45. The summed E-state index contributed by atoms with van der Waals surface area (Å²) in [6.45, 7) is 5.95. The quantitative estimate of drug-likeness (QED) is 0.730. The minimum atomic E-state index is -0.568. The smallest absolute Gasteiger partial charge is 0.328 e. The van der Waals surface area contributed by atoms with Crippen LogP contribution in [0.3, 0.4) is 0 Å². The molecule has 23 heavy (non-hydrogen) atoms. The number of rotatable bonds is 3. The van der Waals surface area contributed by atoms with E-state index in [2.05, 4.69) is 15.2 Å². The van der Waals surface area contributed by atoms with Crippen LogP contribution in [0.4, 0.5) is 0 Å². The highest BCUT2D eigenvalue weighted by Crippen LogP contribution is 2.22. The molecule has 3 heterocycles. The maximum absolute atomic E-state index is 12.2. The fourth-order valence-corrected chi connectivity index (χ4v) is 3.31. The highest BCUT2D eigenvalue weighted by molar-refractivity contribution is 5.76. The van der Waals surface area contributed by atoms with Crippen molar-refractivity contribution in [1.29, 1.82) is 0 Å². The molecule has 2 fully saturated rings. The number of aromatic amines is 1. The fourth-order valence-electron chi connectivity index (χ4n) is 3.31. The van der Waals surface area contributed by atoms with Crippen molar-refractivity contribution in [1.82, 2.24) is 19.8 Å². The molecule has 1 amide bonds. The van der Waals surface area contributed by atoms with Gasteiger partial charge in [0.1, 0.15) is 6.54 Å². The summed E-state index contributed by atoms with van der Waals surface area (Å²) in [4.78, 5) is 39.8. The van der Waals surface area contributed by atoms with Crippen LogP contribution in [-0.2, 0) is 16.1 Å². The molecule has 2 saturated heterocycles. The highest BCUT2D eigenvalue weighted by Gasteiger charge is 2.36. The molecule has 1 aromatic heterocycles. The number of aromatic nitrogens is 2. The van der Waals surface area contributed by atoms with Gasteiger partial charge >= 0.3 is 5.69 Å². The molecule has 0 bridgehead atoms. The predicted octanol–water partition coefficient (Wildman–Crippen LogP) is -1.18. The van der Waals surface area contributed by atoms with Crippen LogP contribution < -0.4 is 16.6 Å². The topological polar surface area (TPSA) is 96.4 Å². The SMILES string of the molecule is Cc1cn(CC(=O)N[C@H]2C[C@H]3CO[C@H](C)CN3C2)c(=O)[nH]c1=O. The molecule has 1 aromatic rings. The summed E-state index contributed by atoms with van der Waals surface area (Å²) in [5.74, 6) is -0.225. The molecule has 3 atom stereocenters. The monoisotopic (exact) mass is 322 g/mol. The Balaban J connectivity index is 1.59. The second kappa shape index (κ2) is 6.29. The number of fused-ring (bicyclic) bond motifs is 1. The molecule has 2 aliphatic heterocycles. The summed E-state index contributed by atoms with van der Waals surface area (Å²) in [5.41, 5.74) is -0.586. The van der Waals surface area contributed by atoms with Gasteiger partial charge in [0.15, 0.2) is 0 Å². The maximum atomic E-state index is 12.2. The van der Waals surface area contributed by atoms with Crippen molar-refractivity contribution in [3.8, 4) is 0 Å². The van der Waals surface area contributed by atoms with E-state index in [4.69, 9.17) is 4.74 Å². The zero-order valence-corrected chi connectivity index (χ0v) is 13.4. The van der Waals surface area contributed by atoms with E-state index in [-0.39, 0.29) is 24.6 Å². The molecule has 0 unspecified atom stereocenters. The van der Waals surface area contributed by atoms with E-state index in [1.165, 1.54) is 10.8 Å². The number of hydrogen-bond acceptors (Lipinski definition) is 5. The van der Waals surface area contributed by atoms with Crippen molar-refractivity contribution < 1.29 is 9.53 Å². The van der Waals surface area contributed by atoms with Crippen LogP contribution in [0.25, 0.3) is 0 Å². The van der Waals surface area contributed by atoms with Gasteiger partial charge in [-0.3, -0.25) is 24.0 Å². The second-order valence-electron chi connectivity index (χ2n) is 6.45. The average molecular weight is 322 g/mol. The molecule has 0 aromatic carbocycles. The Morgan fingerprint density at radius 2 is 2.22 bits per heavy atom. The maximum Gasteiger partial charge on any atom is 0.328 e. The number of hydrogen-bond donors (Lipinski definition) is 2. The van der Waals surface area contributed by atoms with Gasteiger partial charge in [0.05, 0.1) is 12.7 Å². The standard InChI is InChI=1S/C15H22N4O4/c1-9-4-19(15(22)17-14(9)21)7-13(20)16-11-3-12-8-23-10(2)5-18(12)6-11/h4,10-12H,3,5-8H2,1-2H3,(H,16,20)(H,17,21,22)/t10-,11+,12+/m1/s1. The number of amides is 1. The van der Waals surface area contributed by atoms with Crippen LogP contribution in [0.2, 0.25) is 0 Å². The van der Waals surface area contributed by atoms with Crippen LogP contribution >= 0.6 is 0 Å². The molecule has 0 radical (unpaired) electrons. The Hall–Kier alpha value is -1.93. The fraction of sp³-hybridized carbons (Fsp3) is 0.667. The van der Waals surface area contributed by atoms with E-state index >= 15 is 0 Å². The number of carbonyl (C=O) groups is 1. The van der Waals surface area contributed by atoms with Crippen molar-refractivity contribution >= 4 is 5.91 Å². The third kappa shape index (κ3) is 3.53. The van der Waals surface area contributed by atoms with Crippen LogP contribution in [0.1, 0.15) is 18.9 Å². The van der Waals surface area contributed by atoms with Gasteiger partial charge in [0, 0.05) is 36.9 Å². The zero-order valence-electron chi connectivity index (χ0n) is 13.4. The molecule has 0 spiro atoms. The first-order chi connectivity index (χ1) is 10.9. The van der Waals surface area contributed by atoms with E-state index < -0.39 is 11.2 Å². The first-order valence-electron chi connectivity index (χ1n) is 7.87. The number of ether oxygens (including phenoxy) is 1. The number of nitrogens with one attached hydrogen (secondary N) is 2. The number of carbonyl (C=O) groups excluding carboxylic acids is 1. The van der Waals surface area contributed by atoms with Crippen LogP contribution in [-0.4, -0.2) is 58.2 Å². The summed E-state index contributed by atoms with van der Waals surface area (Å²) in [7, 11) is 0. The Kier molecular flexibility index (Phi) is 4.36. The van der Waals surface area contributed by atoms with Gasteiger partial charge in [0.25, 0.3) is 5.56 Å². The predicted molar refractivity (Wildman–Crippen MR) is 83.4 cm³/mol. The lowest BCUT2D eigenvalue weighted by molar-refractivity contribution is -0.122. The molecule has 0 saturated carbocycles. The Morgan fingerprint density at radius 3 is 3.00 bits per heavy atom. The normalized spacial score (nSPS) is 27.7. The van der Waals surface area contributed by atoms with Crippen LogP contribution in [0.5, 0.6) is 0 Å². The van der Waals surface area contributed by atoms with Crippen LogP contribution in [0.15, 0.2) is 15.8 Å². The summed E-state index contributed by atoms with van der Waals surface area (Å²) in [6, 6.07) is 0.426. The van der Waals surface area contributed by atoms with Gasteiger partial charge in [-0.05, 0) is 20.3 Å². The summed E-state index contributed by atoms with van der Waals surface area (Å²) in [6.07, 6.45) is 2.50. The van der Waals surface area contributed by atoms with Crippen molar-refractivity contribution in [3.63, 3.8) is 0 Å². The lowest BCUT2D eigenvalue weighted by atomic mass is 10.1. The Morgan fingerprint density at radius 1 is 1.43 bits per heavy atom. The zero-order chi connectivity index (χ0) is 16.6. The lowest BCUT2D eigenvalue weighted by Gasteiger charge is -2.33. The molecule has 2 N–H and O–H groups in total. The Labute approximate surface area is 133 Å².